The van der Waals surface area contributed by atoms with Gasteiger partial charge < -0.3 is 5.32 Å². The summed E-state index contributed by atoms with van der Waals surface area (Å²) in [6.07, 6.45) is 23.2. The molecule has 1 N–H and O–H groups in total. The van der Waals surface area contributed by atoms with Gasteiger partial charge in [0, 0.05) is 5.69 Å². The number of unbranched alkanes of at least 4 members (excludes halogenated alkanes) is 14. The number of para-hydroxylation sites is 1. The molecule has 1 aromatic rings. The molecule has 0 bridgehead atoms. The van der Waals surface area contributed by atoms with Crippen LogP contribution >= 0.6 is 0 Å². The molecule has 0 radical (unpaired) electrons. The second kappa shape index (κ2) is 20.7. The Balaban J connectivity index is 0.00000784. The summed E-state index contributed by atoms with van der Waals surface area (Å²) >= 11 is 0. The number of aryl methyl sites for hydroxylation is 1. The van der Waals surface area contributed by atoms with Crippen molar-refractivity contribution in [2.45, 2.75) is 110 Å². The van der Waals surface area contributed by atoms with E-state index >= 15 is 0 Å². The molecule has 2 nitrogen and oxygen atoms in total. The third kappa shape index (κ3) is 15.9. The van der Waals surface area contributed by atoms with Crippen LogP contribution in [0.25, 0.3) is 0 Å². The van der Waals surface area contributed by atoms with Crippen LogP contribution in [0, 0.1) is 0 Å². The maximum atomic E-state index is 11.5. The molecule has 0 aliphatic carbocycles. The van der Waals surface area contributed by atoms with Gasteiger partial charge in [-0.05, 0) is 30.5 Å². The zero-order valence-corrected chi connectivity index (χ0v) is 18.3. The average molecular weight is 410 g/mol. The standard InChI is InChI=1S/C26H43NO.Na.H/c1-3-5-6-7-8-9-10-11-12-13-14-15-16-17-18-21-24-22-19-20-23-25(24)27-26(28)4-2;;/h4,19-20,22-23H,2-3,5-18,21H2,1H3,(H,27,28);;. The van der Waals surface area contributed by atoms with E-state index in [2.05, 4.69) is 24.9 Å². The topological polar surface area (TPSA) is 29.1 Å². The summed E-state index contributed by atoms with van der Waals surface area (Å²) < 4.78 is 0. The Labute approximate surface area is 202 Å². The van der Waals surface area contributed by atoms with Gasteiger partial charge in [-0.3, -0.25) is 4.79 Å². The van der Waals surface area contributed by atoms with Crippen molar-refractivity contribution in [3.8, 4) is 0 Å². The van der Waals surface area contributed by atoms with Gasteiger partial charge in [0.2, 0.25) is 5.91 Å². The first-order valence-electron chi connectivity index (χ1n) is 11.8. The molecule has 0 fully saturated rings. The van der Waals surface area contributed by atoms with Gasteiger partial charge in [0.1, 0.15) is 0 Å². The van der Waals surface area contributed by atoms with Crippen LogP contribution in [0.1, 0.15) is 109 Å². The van der Waals surface area contributed by atoms with Crippen LogP contribution in [-0.2, 0) is 11.2 Å². The SMILES string of the molecule is C=CC(=O)Nc1ccccc1CCCCCCCCCCCCCCCCC.[NaH]. The third-order valence-corrected chi connectivity index (χ3v) is 5.51. The Morgan fingerprint density at radius 1 is 0.793 bits per heavy atom. The predicted octanol–water partition coefficient (Wildman–Crippen LogP) is 7.58. The van der Waals surface area contributed by atoms with E-state index in [-0.39, 0.29) is 35.5 Å². The summed E-state index contributed by atoms with van der Waals surface area (Å²) in [6, 6.07) is 8.10. The van der Waals surface area contributed by atoms with Gasteiger partial charge in [-0.25, -0.2) is 0 Å². The number of hydrogen-bond acceptors (Lipinski definition) is 1. The molecule has 29 heavy (non-hydrogen) atoms. The van der Waals surface area contributed by atoms with Crippen molar-refractivity contribution in [2.75, 3.05) is 5.32 Å². The second-order valence-corrected chi connectivity index (χ2v) is 8.05. The zero-order chi connectivity index (χ0) is 20.3. The number of anilines is 1. The fourth-order valence-corrected chi connectivity index (χ4v) is 3.73. The molecule has 0 aliphatic heterocycles. The second-order valence-electron chi connectivity index (χ2n) is 8.05. The molecule has 1 amide bonds. The van der Waals surface area contributed by atoms with Gasteiger partial charge in [0.05, 0.1) is 0 Å². The van der Waals surface area contributed by atoms with Gasteiger partial charge in [0.15, 0.2) is 0 Å². The Bertz CT molecular complexity index is 529. The molecule has 0 aliphatic rings. The van der Waals surface area contributed by atoms with Gasteiger partial charge >= 0.3 is 29.6 Å². The summed E-state index contributed by atoms with van der Waals surface area (Å²) in [6.45, 7) is 5.80. The molecule has 1 aromatic carbocycles. The van der Waals surface area contributed by atoms with Crippen LogP contribution in [0.15, 0.2) is 36.9 Å². The van der Waals surface area contributed by atoms with Gasteiger partial charge in [-0.2, -0.15) is 0 Å². The predicted molar refractivity (Wildman–Crippen MR) is 131 cm³/mol. The molecular weight excluding hydrogens is 365 g/mol. The molecule has 3 heteroatoms. The number of benzene rings is 1. The van der Waals surface area contributed by atoms with Crippen molar-refractivity contribution in [3.05, 3.63) is 42.5 Å². The van der Waals surface area contributed by atoms with Crippen LogP contribution in [0.5, 0.6) is 0 Å². The zero-order valence-electron chi connectivity index (χ0n) is 18.3. The molecule has 0 saturated carbocycles. The molecule has 0 saturated heterocycles. The number of carbonyl (C=O) groups excluding carboxylic acids is 1. The maximum absolute atomic E-state index is 11.5. The number of carbonyl (C=O) groups is 1. The third-order valence-electron chi connectivity index (χ3n) is 5.51. The fourth-order valence-electron chi connectivity index (χ4n) is 3.73. The van der Waals surface area contributed by atoms with Crippen LogP contribution in [0.3, 0.4) is 0 Å². The van der Waals surface area contributed by atoms with Crippen LogP contribution in [-0.4, -0.2) is 35.5 Å². The Hall–Kier alpha value is -0.570. The average Bonchev–Trinajstić information content (AvgIpc) is 2.72. The minimum absolute atomic E-state index is 0. The Morgan fingerprint density at radius 3 is 1.72 bits per heavy atom. The first kappa shape index (κ1) is 28.4. The first-order valence-corrected chi connectivity index (χ1v) is 11.8. The van der Waals surface area contributed by atoms with E-state index in [9.17, 15) is 4.79 Å². The summed E-state index contributed by atoms with van der Waals surface area (Å²) in [5.41, 5.74) is 2.16. The monoisotopic (exact) mass is 409 g/mol. The van der Waals surface area contributed by atoms with Crippen molar-refractivity contribution in [1.29, 1.82) is 0 Å². The van der Waals surface area contributed by atoms with E-state index in [0.717, 1.165) is 12.1 Å². The Kier molecular flexibility index (Phi) is 20.3. The van der Waals surface area contributed by atoms with E-state index in [4.69, 9.17) is 0 Å². The molecule has 1 rings (SSSR count). The minimum atomic E-state index is -0.135. The van der Waals surface area contributed by atoms with E-state index < -0.39 is 0 Å². The quantitative estimate of drug-likeness (QED) is 0.151. The summed E-state index contributed by atoms with van der Waals surface area (Å²) in [7, 11) is 0. The number of amides is 1. The number of nitrogens with one attached hydrogen (secondary N) is 1. The van der Waals surface area contributed by atoms with Crippen molar-refractivity contribution in [3.63, 3.8) is 0 Å². The summed E-state index contributed by atoms with van der Waals surface area (Å²) in [5.74, 6) is -0.135. The molecular formula is C26H44NNaO. The molecule has 0 unspecified atom stereocenters. The van der Waals surface area contributed by atoms with E-state index in [0.29, 0.717) is 0 Å². The van der Waals surface area contributed by atoms with Crippen LogP contribution in [0.4, 0.5) is 5.69 Å². The van der Waals surface area contributed by atoms with Crippen molar-refractivity contribution < 1.29 is 4.79 Å². The van der Waals surface area contributed by atoms with Gasteiger partial charge in [-0.1, -0.05) is 122 Å². The molecule has 0 heterocycles. The van der Waals surface area contributed by atoms with Crippen LogP contribution < -0.4 is 5.32 Å². The van der Waals surface area contributed by atoms with Crippen molar-refractivity contribution in [1.82, 2.24) is 0 Å². The first-order chi connectivity index (χ1) is 13.8. The molecule has 160 valence electrons. The van der Waals surface area contributed by atoms with Crippen molar-refractivity contribution >= 4 is 41.2 Å². The molecule has 0 aromatic heterocycles. The van der Waals surface area contributed by atoms with E-state index in [1.54, 1.807) is 0 Å². The van der Waals surface area contributed by atoms with Crippen LogP contribution in [0.2, 0.25) is 0 Å². The van der Waals surface area contributed by atoms with Gasteiger partial charge in [-0.15, -0.1) is 0 Å². The normalized spacial score (nSPS) is 10.4. The van der Waals surface area contributed by atoms with Crippen molar-refractivity contribution in [2.24, 2.45) is 0 Å². The molecule has 0 atom stereocenters. The summed E-state index contributed by atoms with van der Waals surface area (Å²) in [4.78, 5) is 11.5. The van der Waals surface area contributed by atoms with E-state index in [1.165, 1.54) is 108 Å². The van der Waals surface area contributed by atoms with E-state index in [1.807, 2.05) is 18.2 Å². The van der Waals surface area contributed by atoms with Gasteiger partial charge in [0.25, 0.3) is 0 Å². The number of rotatable bonds is 18. The fraction of sp³-hybridized carbons (Fsp3) is 0.654. The Morgan fingerprint density at radius 2 is 1.24 bits per heavy atom. The number of hydrogen-bond donors (Lipinski definition) is 1. The molecule has 0 spiro atoms. The summed E-state index contributed by atoms with van der Waals surface area (Å²) in [5, 5.41) is 2.91.